The minimum atomic E-state index is 0.252. The van der Waals surface area contributed by atoms with Crippen LogP contribution in [0.15, 0.2) is 29.6 Å². The molecule has 104 valence electrons. The first kappa shape index (κ1) is 13.3. The highest BCUT2D eigenvalue weighted by Gasteiger charge is 2.22. The maximum Gasteiger partial charge on any atom is 0.166 e. The zero-order chi connectivity index (χ0) is 13.9. The lowest BCUT2D eigenvalue weighted by molar-refractivity contribution is 0.0979. The van der Waals surface area contributed by atoms with Crippen molar-refractivity contribution < 1.29 is 4.79 Å². The molecule has 0 radical (unpaired) electrons. The van der Waals surface area contributed by atoms with Crippen LogP contribution < -0.4 is 4.90 Å². The molecule has 1 aromatic heterocycles. The highest BCUT2D eigenvalue weighted by Crippen LogP contribution is 2.28. The van der Waals surface area contributed by atoms with Crippen LogP contribution in [0.25, 0.3) is 0 Å². The maximum absolute atomic E-state index is 11.9. The lowest BCUT2D eigenvalue weighted by Gasteiger charge is -2.29. The number of carbonyl (C=O) groups is 1. The molecule has 3 nitrogen and oxygen atoms in total. The first-order valence-electron chi connectivity index (χ1n) is 7.08. The lowest BCUT2D eigenvalue weighted by atomic mass is 10.0. The molecule has 0 atom stereocenters. The fourth-order valence-electron chi connectivity index (χ4n) is 2.59. The fourth-order valence-corrected chi connectivity index (χ4v) is 3.48. The molecule has 0 amide bonds. The number of fused-ring (bicyclic) bond motifs is 1. The predicted octanol–water partition coefficient (Wildman–Crippen LogP) is 3.69. The first-order chi connectivity index (χ1) is 9.78. The van der Waals surface area contributed by atoms with E-state index in [1.807, 2.05) is 24.3 Å². The van der Waals surface area contributed by atoms with Crippen molar-refractivity contribution in [2.45, 2.75) is 32.7 Å². The lowest BCUT2D eigenvalue weighted by Crippen LogP contribution is -2.31. The number of ketones is 1. The Hall–Kier alpha value is -1.68. The molecule has 2 heterocycles. The number of carbonyl (C=O) groups excluding carboxylic acids is 1. The van der Waals surface area contributed by atoms with Gasteiger partial charge in [-0.05, 0) is 25.0 Å². The van der Waals surface area contributed by atoms with Gasteiger partial charge >= 0.3 is 0 Å². The number of benzene rings is 1. The molecule has 0 saturated heterocycles. The van der Waals surface area contributed by atoms with Crippen LogP contribution in [0.4, 0.5) is 5.69 Å². The molecule has 0 unspecified atom stereocenters. The maximum atomic E-state index is 11.9. The fraction of sp³-hybridized carbons (Fsp3) is 0.375. The second-order valence-corrected chi connectivity index (χ2v) is 6.04. The van der Waals surface area contributed by atoms with Crippen LogP contribution in [0.1, 0.15) is 40.8 Å². The van der Waals surface area contributed by atoms with Gasteiger partial charge in [-0.25, -0.2) is 4.98 Å². The minimum Gasteiger partial charge on any atom is -0.365 e. The van der Waals surface area contributed by atoms with Crippen molar-refractivity contribution >= 4 is 22.8 Å². The highest BCUT2D eigenvalue weighted by atomic mass is 32.1. The second-order valence-electron chi connectivity index (χ2n) is 5.09. The van der Waals surface area contributed by atoms with Gasteiger partial charge in [-0.15, -0.1) is 11.3 Å². The van der Waals surface area contributed by atoms with E-state index >= 15 is 0 Å². The van der Waals surface area contributed by atoms with Crippen molar-refractivity contribution in [1.82, 2.24) is 4.98 Å². The molecule has 1 aliphatic rings. The summed E-state index contributed by atoms with van der Waals surface area (Å²) < 4.78 is 0. The average molecular weight is 286 g/mol. The molecule has 1 aromatic carbocycles. The van der Waals surface area contributed by atoms with E-state index in [-0.39, 0.29) is 5.78 Å². The van der Waals surface area contributed by atoms with Crippen LogP contribution in [0.2, 0.25) is 0 Å². The third-order valence-corrected chi connectivity index (χ3v) is 4.53. The zero-order valence-electron chi connectivity index (χ0n) is 11.6. The van der Waals surface area contributed by atoms with Crippen molar-refractivity contribution in [3.05, 3.63) is 45.9 Å². The SMILES string of the molecule is CCCc1nc(CN2CCC(=O)c3ccccc32)cs1. The Morgan fingerprint density at radius 3 is 3.05 bits per heavy atom. The Morgan fingerprint density at radius 2 is 2.20 bits per heavy atom. The van der Waals surface area contributed by atoms with Crippen molar-refractivity contribution in [1.29, 1.82) is 0 Å². The summed E-state index contributed by atoms with van der Waals surface area (Å²) >= 11 is 1.74. The van der Waals surface area contributed by atoms with E-state index in [1.54, 1.807) is 11.3 Å². The van der Waals surface area contributed by atoms with Gasteiger partial charge in [0.2, 0.25) is 0 Å². The number of para-hydroxylation sites is 1. The molecule has 1 aliphatic heterocycles. The molecule has 20 heavy (non-hydrogen) atoms. The Bertz CT molecular complexity index is 620. The monoisotopic (exact) mass is 286 g/mol. The van der Waals surface area contributed by atoms with Crippen LogP contribution in [-0.4, -0.2) is 17.3 Å². The standard InChI is InChI=1S/C16H18N2OS/c1-2-5-16-17-12(11-20-16)10-18-9-8-15(19)13-6-3-4-7-14(13)18/h3-4,6-7,11H,2,5,8-10H2,1H3. The summed E-state index contributed by atoms with van der Waals surface area (Å²) in [6.45, 7) is 3.76. The van der Waals surface area contributed by atoms with Gasteiger partial charge in [0.15, 0.2) is 5.78 Å². The number of nitrogens with zero attached hydrogens (tertiary/aromatic N) is 2. The molecule has 0 aliphatic carbocycles. The Kier molecular flexibility index (Phi) is 3.83. The number of hydrogen-bond donors (Lipinski definition) is 0. The van der Waals surface area contributed by atoms with Gasteiger partial charge in [0, 0.05) is 29.6 Å². The first-order valence-corrected chi connectivity index (χ1v) is 7.96. The van der Waals surface area contributed by atoms with E-state index < -0.39 is 0 Å². The molecule has 2 aromatic rings. The Morgan fingerprint density at radius 1 is 1.35 bits per heavy atom. The van der Waals surface area contributed by atoms with Crippen molar-refractivity contribution in [2.24, 2.45) is 0 Å². The minimum absolute atomic E-state index is 0.252. The summed E-state index contributed by atoms with van der Waals surface area (Å²) in [5.41, 5.74) is 3.01. The van der Waals surface area contributed by atoms with Gasteiger partial charge < -0.3 is 4.90 Å². The molecule has 4 heteroatoms. The smallest absolute Gasteiger partial charge is 0.166 e. The van der Waals surface area contributed by atoms with E-state index in [2.05, 4.69) is 22.2 Å². The third kappa shape index (κ3) is 2.61. The number of anilines is 1. The number of rotatable bonds is 4. The Labute approximate surface area is 123 Å². The van der Waals surface area contributed by atoms with E-state index in [9.17, 15) is 4.79 Å². The van der Waals surface area contributed by atoms with E-state index in [1.165, 1.54) is 5.01 Å². The quantitative estimate of drug-likeness (QED) is 0.859. The molecule has 0 spiro atoms. The van der Waals surface area contributed by atoms with Crippen LogP contribution in [-0.2, 0) is 13.0 Å². The zero-order valence-corrected chi connectivity index (χ0v) is 12.4. The summed E-state index contributed by atoms with van der Waals surface area (Å²) in [6.07, 6.45) is 2.79. The third-order valence-electron chi connectivity index (χ3n) is 3.57. The molecule has 3 rings (SSSR count). The summed E-state index contributed by atoms with van der Waals surface area (Å²) in [4.78, 5) is 18.9. The Balaban J connectivity index is 1.81. The predicted molar refractivity (Wildman–Crippen MR) is 82.5 cm³/mol. The van der Waals surface area contributed by atoms with Crippen LogP contribution in [0.5, 0.6) is 0 Å². The molecule has 0 bridgehead atoms. The summed E-state index contributed by atoms with van der Waals surface area (Å²) in [5.74, 6) is 0.252. The molecular weight excluding hydrogens is 268 g/mol. The number of Topliss-reactive ketones (excluding diaryl/α,β-unsaturated/α-hetero) is 1. The van der Waals surface area contributed by atoms with Gasteiger partial charge in [0.25, 0.3) is 0 Å². The van der Waals surface area contributed by atoms with Crippen molar-refractivity contribution in [2.75, 3.05) is 11.4 Å². The van der Waals surface area contributed by atoms with E-state index in [4.69, 9.17) is 0 Å². The topological polar surface area (TPSA) is 33.2 Å². The molecule has 0 saturated carbocycles. The average Bonchev–Trinajstić information content (AvgIpc) is 2.90. The van der Waals surface area contributed by atoms with Gasteiger partial charge in [0.05, 0.1) is 17.2 Å². The molecule has 0 fully saturated rings. The summed E-state index contributed by atoms with van der Waals surface area (Å²) in [6, 6.07) is 7.88. The van der Waals surface area contributed by atoms with E-state index in [0.717, 1.165) is 42.9 Å². The number of thiazole rings is 1. The molecule has 0 N–H and O–H groups in total. The summed E-state index contributed by atoms with van der Waals surface area (Å²) in [5, 5.41) is 3.35. The van der Waals surface area contributed by atoms with Crippen LogP contribution >= 0.6 is 11.3 Å². The van der Waals surface area contributed by atoms with Gasteiger partial charge in [-0.1, -0.05) is 19.1 Å². The van der Waals surface area contributed by atoms with Crippen LogP contribution in [0, 0.1) is 0 Å². The van der Waals surface area contributed by atoms with Gasteiger partial charge in [-0.3, -0.25) is 4.79 Å². The highest BCUT2D eigenvalue weighted by molar-refractivity contribution is 7.09. The van der Waals surface area contributed by atoms with Crippen molar-refractivity contribution in [3.8, 4) is 0 Å². The summed E-state index contributed by atoms with van der Waals surface area (Å²) in [7, 11) is 0. The largest absolute Gasteiger partial charge is 0.365 e. The number of aromatic nitrogens is 1. The van der Waals surface area contributed by atoms with Gasteiger partial charge in [-0.2, -0.15) is 0 Å². The number of hydrogen-bond acceptors (Lipinski definition) is 4. The van der Waals surface area contributed by atoms with Crippen molar-refractivity contribution in [3.63, 3.8) is 0 Å². The van der Waals surface area contributed by atoms with Crippen LogP contribution in [0.3, 0.4) is 0 Å². The molecular formula is C16H18N2OS. The van der Waals surface area contributed by atoms with Gasteiger partial charge in [0.1, 0.15) is 0 Å². The van der Waals surface area contributed by atoms with E-state index in [0.29, 0.717) is 6.42 Å². The number of aryl methyl sites for hydroxylation is 1. The normalized spacial score (nSPS) is 14.4. The second kappa shape index (κ2) is 5.75.